The molecule has 0 N–H and O–H groups in total. The highest BCUT2D eigenvalue weighted by Gasteiger charge is 2.06. The van der Waals surface area contributed by atoms with E-state index in [0.29, 0.717) is 18.1 Å². The van der Waals surface area contributed by atoms with Crippen LogP contribution < -0.4 is 4.74 Å². The Balaban J connectivity index is 2.10. The van der Waals surface area contributed by atoms with Gasteiger partial charge in [0.15, 0.2) is 5.82 Å². The second-order valence-electron chi connectivity index (χ2n) is 3.50. The number of ether oxygens (including phenoxy) is 1. The van der Waals surface area contributed by atoms with Crippen LogP contribution in [0.25, 0.3) is 0 Å². The van der Waals surface area contributed by atoms with Gasteiger partial charge < -0.3 is 14.1 Å². The number of carbonyl (C=O) groups excluding carboxylic acids is 1. The van der Waals surface area contributed by atoms with Gasteiger partial charge in [-0.15, -0.1) is 0 Å². The summed E-state index contributed by atoms with van der Waals surface area (Å²) in [6.07, 6.45) is 1.45. The molecular formula is C12H12N2O3. The maximum absolute atomic E-state index is 10.3. The molecule has 2 rings (SSSR count). The van der Waals surface area contributed by atoms with Gasteiger partial charge in [-0.05, 0) is 17.7 Å². The van der Waals surface area contributed by atoms with Crippen LogP contribution in [0.15, 0.2) is 28.8 Å². The van der Waals surface area contributed by atoms with E-state index >= 15 is 0 Å². The van der Waals surface area contributed by atoms with Crippen molar-refractivity contribution in [2.75, 3.05) is 7.11 Å². The minimum absolute atomic E-state index is 0.158. The molecule has 88 valence electrons. The summed E-state index contributed by atoms with van der Waals surface area (Å²) in [6.45, 7) is 0. The van der Waals surface area contributed by atoms with Gasteiger partial charge in [0.25, 0.3) is 0 Å². The fourth-order valence-corrected chi connectivity index (χ4v) is 1.48. The van der Waals surface area contributed by atoms with Crippen LogP contribution in [0.2, 0.25) is 0 Å². The van der Waals surface area contributed by atoms with Crippen LogP contribution in [-0.2, 0) is 17.6 Å². The first-order valence-corrected chi connectivity index (χ1v) is 5.20. The fraction of sp³-hybridized carbons (Fsp3) is 0.250. The molecule has 1 heterocycles. The Morgan fingerprint density at radius 3 is 3.12 bits per heavy atom. The summed E-state index contributed by atoms with van der Waals surface area (Å²) in [5.74, 6) is 1.70. The lowest BCUT2D eigenvalue weighted by Gasteiger charge is -2.01. The van der Waals surface area contributed by atoms with Gasteiger partial charge in [0.05, 0.1) is 13.5 Å². The van der Waals surface area contributed by atoms with Crippen molar-refractivity contribution in [3.63, 3.8) is 0 Å². The molecule has 0 aliphatic heterocycles. The lowest BCUT2D eigenvalue weighted by Crippen LogP contribution is -1.93. The first kappa shape index (κ1) is 11.3. The first-order chi connectivity index (χ1) is 8.31. The summed E-state index contributed by atoms with van der Waals surface area (Å²) in [5, 5.41) is 3.80. The standard InChI is InChI=1S/C12H12N2O3/c1-16-10-4-2-3-9(7-10)8-11-13-12(5-6-15)17-14-11/h2-4,6-7H,5,8H2,1H3. The average Bonchev–Trinajstić information content (AvgIpc) is 2.77. The van der Waals surface area contributed by atoms with Gasteiger partial charge in [-0.2, -0.15) is 4.98 Å². The molecule has 1 aromatic heterocycles. The Kier molecular flexibility index (Phi) is 3.49. The summed E-state index contributed by atoms with van der Waals surface area (Å²) in [6, 6.07) is 7.65. The van der Waals surface area contributed by atoms with Crippen LogP contribution in [0.3, 0.4) is 0 Å². The topological polar surface area (TPSA) is 65.2 Å². The van der Waals surface area contributed by atoms with E-state index in [-0.39, 0.29) is 6.42 Å². The number of aromatic nitrogens is 2. The largest absolute Gasteiger partial charge is 0.497 e. The van der Waals surface area contributed by atoms with E-state index in [4.69, 9.17) is 9.26 Å². The van der Waals surface area contributed by atoms with Gasteiger partial charge >= 0.3 is 0 Å². The molecular weight excluding hydrogens is 220 g/mol. The molecule has 2 aromatic rings. The van der Waals surface area contributed by atoms with Crippen molar-refractivity contribution in [3.8, 4) is 5.75 Å². The molecule has 0 spiro atoms. The van der Waals surface area contributed by atoms with E-state index in [2.05, 4.69) is 10.1 Å². The lowest BCUT2D eigenvalue weighted by molar-refractivity contribution is -0.107. The molecule has 0 radical (unpaired) electrons. The highest BCUT2D eigenvalue weighted by Crippen LogP contribution is 2.14. The molecule has 0 bridgehead atoms. The summed E-state index contributed by atoms with van der Waals surface area (Å²) < 4.78 is 10.0. The normalized spacial score (nSPS) is 10.2. The van der Waals surface area contributed by atoms with Crippen molar-refractivity contribution >= 4 is 6.29 Å². The third-order valence-electron chi connectivity index (χ3n) is 2.26. The van der Waals surface area contributed by atoms with Gasteiger partial charge in [-0.1, -0.05) is 17.3 Å². The van der Waals surface area contributed by atoms with Gasteiger partial charge in [-0.3, -0.25) is 0 Å². The zero-order chi connectivity index (χ0) is 12.1. The van der Waals surface area contributed by atoms with E-state index in [0.717, 1.165) is 17.6 Å². The summed E-state index contributed by atoms with van der Waals surface area (Å²) >= 11 is 0. The highest BCUT2D eigenvalue weighted by molar-refractivity contribution is 5.52. The van der Waals surface area contributed by atoms with Crippen LogP contribution >= 0.6 is 0 Å². The SMILES string of the molecule is COc1cccc(Cc2noc(CC=O)n2)c1. The van der Waals surface area contributed by atoms with E-state index in [9.17, 15) is 4.79 Å². The van der Waals surface area contributed by atoms with E-state index in [1.54, 1.807) is 7.11 Å². The Labute approximate surface area is 98.4 Å². The quantitative estimate of drug-likeness (QED) is 0.729. The minimum atomic E-state index is 0.158. The first-order valence-electron chi connectivity index (χ1n) is 5.20. The van der Waals surface area contributed by atoms with Crippen LogP contribution in [0.5, 0.6) is 5.75 Å². The van der Waals surface area contributed by atoms with E-state index < -0.39 is 0 Å². The number of benzene rings is 1. The molecule has 1 aromatic carbocycles. The van der Waals surface area contributed by atoms with Crippen molar-refractivity contribution < 1.29 is 14.1 Å². The highest BCUT2D eigenvalue weighted by atomic mass is 16.5. The fourth-order valence-electron chi connectivity index (χ4n) is 1.48. The van der Waals surface area contributed by atoms with Crippen molar-refractivity contribution in [2.24, 2.45) is 0 Å². The van der Waals surface area contributed by atoms with Crippen LogP contribution in [0.4, 0.5) is 0 Å². The third-order valence-corrected chi connectivity index (χ3v) is 2.26. The molecule has 0 unspecified atom stereocenters. The van der Waals surface area contributed by atoms with Gasteiger partial charge in [-0.25, -0.2) is 0 Å². The summed E-state index contributed by atoms with van der Waals surface area (Å²) in [7, 11) is 1.62. The minimum Gasteiger partial charge on any atom is -0.497 e. The molecule has 5 heteroatoms. The van der Waals surface area contributed by atoms with Crippen molar-refractivity contribution in [1.82, 2.24) is 10.1 Å². The Bertz CT molecular complexity index is 508. The molecule has 0 fully saturated rings. The number of hydrogen-bond donors (Lipinski definition) is 0. The van der Waals surface area contributed by atoms with Crippen molar-refractivity contribution in [2.45, 2.75) is 12.8 Å². The van der Waals surface area contributed by atoms with Crippen molar-refractivity contribution in [1.29, 1.82) is 0 Å². The number of aldehydes is 1. The molecule has 17 heavy (non-hydrogen) atoms. The van der Waals surface area contributed by atoms with Crippen LogP contribution in [-0.4, -0.2) is 23.5 Å². The second-order valence-corrected chi connectivity index (χ2v) is 3.50. The number of methoxy groups -OCH3 is 1. The van der Waals surface area contributed by atoms with Crippen LogP contribution in [0.1, 0.15) is 17.3 Å². The molecule has 5 nitrogen and oxygen atoms in total. The zero-order valence-corrected chi connectivity index (χ0v) is 9.42. The molecule has 0 saturated heterocycles. The predicted molar refractivity (Wildman–Crippen MR) is 59.9 cm³/mol. The van der Waals surface area contributed by atoms with Gasteiger partial charge in [0, 0.05) is 6.42 Å². The van der Waals surface area contributed by atoms with Gasteiger partial charge in [0.1, 0.15) is 12.0 Å². The monoisotopic (exact) mass is 232 g/mol. The Morgan fingerprint density at radius 2 is 2.35 bits per heavy atom. The smallest absolute Gasteiger partial charge is 0.233 e. The number of carbonyl (C=O) groups is 1. The second kappa shape index (κ2) is 5.25. The maximum Gasteiger partial charge on any atom is 0.233 e. The Morgan fingerprint density at radius 1 is 1.47 bits per heavy atom. The van der Waals surface area contributed by atoms with Crippen molar-refractivity contribution in [3.05, 3.63) is 41.5 Å². The van der Waals surface area contributed by atoms with E-state index in [1.165, 1.54) is 0 Å². The maximum atomic E-state index is 10.3. The molecule has 0 saturated carbocycles. The molecule has 0 aliphatic rings. The third kappa shape index (κ3) is 2.90. The number of hydrogen-bond acceptors (Lipinski definition) is 5. The molecule has 0 amide bonds. The van der Waals surface area contributed by atoms with E-state index in [1.807, 2.05) is 24.3 Å². The number of nitrogens with zero attached hydrogens (tertiary/aromatic N) is 2. The number of rotatable bonds is 5. The lowest BCUT2D eigenvalue weighted by atomic mass is 10.1. The average molecular weight is 232 g/mol. The molecule has 0 aliphatic carbocycles. The Hall–Kier alpha value is -2.17. The molecule has 0 atom stereocenters. The van der Waals surface area contributed by atoms with Gasteiger partial charge in [0.2, 0.25) is 5.89 Å². The summed E-state index contributed by atoms with van der Waals surface area (Å²) in [5.41, 5.74) is 1.03. The zero-order valence-electron chi connectivity index (χ0n) is 9.42. The summed E-state index contributed by atoms with van der Waals surface area (Å²) in [4.78, 5) is 14.4. The van der Waals surface area contributed by atoms with Crippen LogP contribution in [0, 0.1) is 0 Å². The predicted octanol–water partition coefficient (Wildman–Crippen LogP) is 1.41.